The fourth-order valence-electron chi connectivity index (χ4n) is 1.22. The second-order valence-electron chi connectivity index (χ2n) is 2.99. The highest BCUT2D eigenvalue weighted by molar-refractivity contribution is 5.93. The fraction of sp³-hybridized carbons (Fsp3) is 0.375. The molecule has 4 heteroatoms. The first-order chi connectivity index (χ1) is 5.77. The number of rotatable bonds is 1. The first kappa shape index (κ1) is 7.21. The topological polar surface area (TPSA) is 62.1 Å². The van der Waals surface area contributed by atoms with Crippen LogP contribution in [-0.4, -0.2) is 28.9 Å². The van der Waals surface area contributed by atoms with Crippen molar-refractivity contribution >= 4 is 11.6 Å². The van der Waals surface area contributed by atoms with Crippen LogP contribution in [0.1, 0.15) is 16.9 Å². The van der Waals surface area contributed by atoms with Gasteiger partial charge in [0.15, 0.2) is 0 Å². The summed E-state index contributed by atoms with van der Waals surface area (Å²) in [5, 5.41) is 0. The number of hydrogen-bond donors (Lipinski definition) is 2. The number of H-pyrrole nitrogens is 1. The normalized spacial score (nSPS) is 15.8. The van der Waals surface area contributed by atoms with Crippen molar-refractivity contribution < 1.29 is 4.79 Å². The van der Waals surface area contributed by atoms with E-state index in [9.17, 15) is 4.79 Å². The smallest absolute Gasteiger partial charge is 0.270 e. The maximum atomic E-state index is 11.5. The minimum atomic E-state index is 0.0537. The van der Waals surface area contributed by atoms with Gasteiger partial charge in [0, 0.05) is 25.0 Å². The summed E-state index contributed by atoms with van der Waals surface area (Å²) in [5.74, 6) is 0.0537. The van der Waals surface area contributed by atoms with Gasteiger partial charge in [-0.05, 0) is 12.5 Å². The van der Waals surface area contributed by atoms with Crippen LogP contribution in [-0.2, 0) is 0 Å². The molecule has 3 N–H and O–H groups in total. The van der Waals surface area contributed by atoms with Crippen LogP contribution in [0.2, 0.25) is 0 Å². The Bertz CT molecular complexity index is 301. The Morgan fingerprint density at radius 1 is 1.58 bits per heavy atom. The van der Waals surface area contributed by atoms with Gasteiger partial charge in [-0.2, -0.15) is 0 Å². The molecule has 1 saturated heterocycles. The molecule has 0 unspecified atom stereocenters. The van der Waals surface area contributed by atoms with E-state index < -0.39 is 0 Å². The maximum absolute atomic E-state index is 11.5. The Labute approximate surface area is 70.4 Å². The third-order valence-corrected chi connectivity index (χ3v) is 2.08. The van der Waals surface area contributed by atoms with Crippen molar-refractivity contribution in [3.05, 3.63) is 18.0 Å². The minimum Gasteiger partial charge on any atom is -0.397 e. The van der Waals surface area contributed by atoms with Gasteiger partial charge in [-0.3, -0.25) is 4.79 Å². The summed E-state index contributed by atoms with van der Waals surface area (Å²) in [5.41, 5.74) is 6.67. The monoisotopic (exact) mass is 165 g/mol. The Hall–Kier alpha value is -1.45. The molecule has 12 heavy (non-hydrogen) atoms. The fourth-order valence-corrected chi connectivity index (χ4v) is 1.22. The Morgan fingerprint density at radius 2 is 2.33 bits per heavy atom. The van der Waals surface area contributed by atoms with Crippen molar-refractivity contribution in [2.24, 2.45) is 0 Å². The molecule has 0 saturated carbocycles. The number of carbonyl (C=O) groups excluding carboxylic acids is 1. The summed E-state index contributed by atoms with van der Waals surface area (Å²) in [6.45, 7) is 1.75. The molecule has 0 radical (unpaired) electrons. The number of anilines is 1. The third kappa shape index (κ3) is 1.05. The molecule has 1 fully saturated rings. The number of aromatic nitrogens is 1. The third-order valence-electron chi connectivity index (χ3n) is 2.08. The van der Waals surface area contributed by atoms with E-state index in [1.807, 2.05) is 0 Å². The van der Waals surface area contributed by atoms with Gasteiger partial charge < -0.3 is 15.6 Å². The number of amides is 1. The van der Waals surface area contributed by atoms with Gasteiger partial charge in [0.05, 0.1) is 0 Å². The summed E-state index contributed by atoms with van der Waals surface area (Å²) in [6, 6.07) is 1.67. The molecular formula is C8H11N3O. The number of nitrogens with two attached hydrogens (primary N) is 1. The van der Waals surface area contributed by atoms with Crippen molar-refractivity contribution in [1.29, 1.82) is 0 Å². The first-order valence-electron chi connectivity index (χ1n) is 4.00. The second kappa shape index (κ2) is 2.55. The van der Waals surface area contributed by atoms with Crippen LogP contribution in [0, 0.1) is 0 Å². The van der Waals surface area contributed by atoms with Gasteiger partial charge in [-0.25, -0.2) is 0 Å². The number of likely N-dealkylation sites (tertiary alicyclic amines) is 1. The van der Waals surface area contributed by atoms with E-state index in [0.717, 1.165) is 19.5 Å². The SMILES string of the molecule is Nc1c[nH]c(C(=O)N2CCC2)c1. The zero-order valence-corrected chi connectivity index (χ0v) is 6.71. The largest absolute Gasteiger partial charge is 0.397 e. The van der Waals surface area contributed by atoms with Crippen molar-refractivity contribution in [1.82, 2.24) is 9.88 Å². The number of nitrogens with zero attached hydrogens (tertiary/aromatic N) is 1. The average Bonchev–Trinajstić information content (AvgIpc) is 2.31. The molecule has 0 bridgehead atoms. The second-order valence-corrected chi connectivity index (χ2v) is 2.99. The number of carbonyl (C=O) groups is 1. The lowest BCUT2D eigenvalue weighted by Crippen LogP contribution is -2.42. The van der Waals surface area contributed by atoms with Crippen molar-refractivity contribution in [2.75, 3.05) is 18.8 Å². The Morgan fingerprint density at radius 3 is 2.75 bits per heavy atom. The highest BCUT2D eigenvalue weighted by Crippen LogP contribution is 2.13. The molecule has 1 aliphatic rings. The maximum Gasteiger partial charge on any atom is 0.270 e. The molecule has 2 heterocycles. The standard InChI is InChI=1S/C8H11N3O/c9-6-4-7(10-5-6)8(12)11-2-1-3-11/h4-5,10H,1-3,9H2. The van der Waals surface area contributed by atoms with E-state index in [0.29, 0.717) is 11.4 Å². The zero-order valence-electron chi connectivity index (χ0n) is 6.71. The van der Waals surface area contributed by atoms with E-state index in [4.69, 9.17) is 5.73 Å². The Balaban J connectivity index is 2.13. The van der Waals surface area contributed by atoms with Crippen LogP contribution in [0.5, 0.6) is 0 Å². The molecule has 4 nitrogen and oxygen atoms in total. The number of nitrogens with one attached hydrogen (secondary N) is 1. The minimum absolute atomic E-state index is 0.0537. The van der Waals surface area contributed by atoms with Crippen LogP contribution in [0.15, 0.2) is 12.3 Å². The lowest BCUT2D eigenvalue weighted by Gasteiger charge is -2.30. The van der Waals surface area contributed by atoms with Crippen LogP contribution in [0.4, 0.5) is 5.69 Å². The molecular weight excluding hydrogens is 154 g/mol. The zero-order chi connectivity index (χ0) is 8.55. The van der Waals surface area contributed by atoms with Crippen molar-refractivity contribution in [3.8, 4) is 0 Å². The molecule has 1 amide bonds. The Kier molecular flexibility index (Phi) is 1.53. The summed E-state index contributed by atoms with van der Waals surface area (Å²) < 4.78 is 0. The van der Waals surface area contributed by atoms with Crippen LogP contribution < -0.4 is 5.73 Å². The quantitative estimate of drug-likeness (QED) is 0.634. The van der Waals surface area contributed by atoms with Gasteiger partial charge in [-0.1, -0.05) is 0 Å². The first-order valence-corrected chi connectivity index (χ1v) is 4.00. The molecule has 0 atom stereocenters. The van der Waals surface area contributed by atoms with E-state index in [2.05, 4.69) is 4.98 Å². The molecule has 0 aromatic carbocycles. The molecule has 0 aliphatic carbocycles. The highest BCUT2D eigenvalue weighted by Gasteiger charge is 2.22. The number of aromatic amines is 1. The van der Waals surface area contributed by atoms with Crippen molar-refractivity contribution in [3.63, 3.8) is 0 Å². The van der Waals surface area contributed by atoms with E-state index in [-0.39, 0.29) is 5.91 Å². The van der Waals surface area contributed by atoms with Crippen molar-refractivity contribution in [2.45, 2.75) is 6.42 Å². The highest BCUT2D eigenvalue weighted by atomic mass is 16.2. The molecule has 1 aromatic rings. The number of hydrogen-bond acceptors (Lipinski definition) is 2. The lowest BCUT2D eigenvalue weighted by atomic mass is 10.2. The molecule has 2 rings (SSSR count). The van der Waals surface area contributed by atoms with Gasteiger partial charge in [-0.15, -0.1) is 0 Å². The van der Waals surface area contributed by atoms with Crippen LogP contribution in [0.25, 0.3) is 0 Å². The number of nitrogen functional groups attached to an aromatic ring is 1. The predicted molar refractivity (Wildman–Crippen MR) is 45.7 cm³/mol. The average molecular weight is 165 g/mol. The van der Waals surface area contributed by atoms with Crippen LogP contribution >= 0.6 is 0 Å². The van der Waals surface area contributed by atoms with Gasteiger partial charge in [0.2, 0.25) is 0 Å². The summed E-state index contributed by atoms with van der Waals surface area (Å²) >= 11 is 0. The lowest BCUT2D eigenvalue weighted by molar-refractivity contribution is 0.0646. The van der Waals surface area contributed by atoms with Gasteiger partial charge >= 0.3 is 0 Å². The van der Waals surface area contributed by atoms with Crippen LogP contribution in [0.3, 0.4) is 0 Å². The van der Waals surface area contributed by atoms with E-state index in [1.54, 1.807) is 17.2 Å². The summed E-state index contributed by atoms with van der Waals surface area (Å²) in [6.07, 6.45) is 2.74. The van der Waals surface area contributed by atoms with E-state index in [1.165, 1.54) is 0 Å². The summed E-state index contributed by atoms with van der Waals surface area (Å²) in [4.78, 5) is 16.1. The van der Waals surface area contributed by atoms with E-state index >= 15 is 0 Å². The summed E-state index contributed by atoms with van der Waals surface area (Å²) in [7, 11) is 0. The van der Waals surface area contributed by atoms with Gasteiger partial charge in [0.1, 0.15) is 5.69 Å². The molecule has 1 aromatic heterocycles. The van der Waals surface area contributed by atoms with Gasteiger partial charge in [0.25, 0.3) is 5.91 Å². The predicted octanol–water partition coefficient (Wildman–Crippen LogP) is 0.443. The molecule has 64 valence electrons. The molecule has 1 aliphatic heterocycles. The molecule has 0 spiro atoms.